The van der Waals surface area contributed by atoms with E-state index in [1.807, 2.05) is 44.2 Å². The molecule has 0 heterocycles. The van der Waals surface area contributed by atoms with E-state index in [9.17, 15) is 18.0 Å². The third kappa shape index (κ3) is 8.32. The Bertz CT molecular complexity index is 1320. The standard InChI is InChI=1S/C31H39N3O5S/c1-4-6-22-32-31(36)25(3)33(23-21-26-13-9-7-10-14-26)30(35)24-34(27-17-19-28(20-18-27)39-5-2)40(37,38)29-15-11-8-12-16-29/h7-20,25H,4-6,21-24H2,1-3H3,(H,32,36). The first-order chi connectivity index (χ1) is 19.3. The number of sulfonamides is 1. The van der Waals surface area contributed by atoms with Crippen LogP contribution in [0.3, 0.4) is 0 Å². The van der Waals surface area contributed by atoms with Gasteiger partial charge in [0.1, 0.15) is 18.3 Å². The van der Waals surface area contributed by atoms with Gasteiger partial charge in [0, 0.05) is 13.1 Å². The van der Waals surface area contributed by atoms with Gasteiger partial charge in [-0.05, 0) is 68.7 Å². The van der Waals surface area contributed by atoms with Gasteiger partial charge in [-0.25, -0.2) is 8.42 Å². The summed E-state index contributed by atoms with van der Waals surface area (Å²) in [4.78, 5) is 28.4. The lowest BCUT2D eigenvalue weighted by molar-refractivity contribution is -0.138. The molecule has 1 atom stereocenters. The lowest BCUT2D eigenvalue weighted by Gasteiger charge is -2.32. The Balaban J connectivity index is 1.94. The number of unbranched alkanes of at least 4 members (excludes halogenated alkanes) is 1. The summed E-state index contributed by atoms with van der Waals surface area (Å²) < 4.78 is 34.2. The zero-order valence-corrected chi connectivity index (χ0v) is 24.3. The van der Waals surface area contributed by atoms with Crippen LogP contribution >= 0.6 is 0 Å². The van der Waals surface area contributed by atoms with E-state index in [-0.39, 0.29) is 17.3 Å². The molecule has 1 unspecified atom stereocenters. The smallest absolute Gasteiger partial charge is 0.264 e. The van der Waals surface area contributed by atoms with E-state index in [1.54, 1.807) is 49.4 Å². The van der Waals surface area contributed by atoms with Crippen LogP contribution in [0, 0.1) is 0 Å². The first-order valence-corrected chi connectivity index (χ1v) is 15.1. The zero-order chi connectivity index (χ0) is 29.0. The monoisotopic (exact) mass is 565 g/mol. The number of nitrogens with one attached hydrogen (secondary N) is 1. The predicted molar refractivity (Wildman–Crippen MR) is 158 cm³/mol. The van der Waals surface area contributed by atoms with Gasteiger partial charge < -0.3 is 15.0 Å². The number of carbonyl (C=O) groups is 2. The molecule has 3 rings (SSSR count). The highest BCUT2D eigenvalue weighted by Crippen LogP contribution is 2.26. The second-order valence-corrected chi connectivity index (χ2v) is 11.3. The minimum atomic E-state index is -4.09. The Kier molecular flexibility index (Phi) is 11.6. The van der Waals surface area contributed by atoms with E-state index in [2.05, 4.69) is 5.32 Å². The Morgan fingerprint density at radius 3 is 2.12 bits per heavy atom. The Labute approximate surface area is 238 Å². The molecule has 0 aliphatic heterocycles. The highest BCUT2D eigenvalue weighted by Gasteiger charge is 2.32. The van der Waals surface area contributed by atoms with Crippen molar-refractivity contribution in [2.75, 3.05) is 30.5 Å². The van der Waals surface area contributed by atoms with Crippen molar-refractivity contribution in [1.29, 1.82) is 0 Å². The van der Waals surface area contributed by atoms with Crippen molar-refractivity contribution in [3.63, 3.8) is 0 Å². The number of ether oxygens (including phenoxy) is 1. The molecule has 214 valence electrons. The molecule has 1 N–H and O–H groups in total. The molecule has 0 aliphatic carbocycles. The maximum Gasteiger partial charge on any atom is 0.264 e. The fraction of sp³-hybridized carbons (Fsp3) is 0.355. The van der Waals surface area contributed by atoms with Gasteiger partial charge in [-0.3, -0.25) is 13.9 Å². The Morgan fingerprint density at radius 2 is 1.52 bits per heavy atom. The number of amides is 2. The van der Waals surface area contributed by atoms with Crippen LogP contribution in [0.2, 0.25) is 0 Å². The minimum Gasteiger partial charge on any atom is -0.494 e. The van der Waals surface area contributed by atoms with Crippen LogP contribution < -0.4 is 14.4 Å². The molecule has 40 heavy (non-hydrogen) atoms. The van der Waals surface area contributed by atoms with Crippen molar-refractivity contribution < 1.29 is 22.7 Å². The summed E-state index contributed by atoms with van der Waals surface area (Å²) >= 11 is 0. The van der Waals surface area contributed by atoms with Crippen LogP contribution in [-0.2, 0) is 26.0 Å². The number of hydrogen-bond acceptors (Lipinski definition) is 5. The van der Waals surface area contributed by atoms with Gasteiger partial charge in [0.25, 0.3) is 10.0 Å². The van der Waals surface area contributed by atoms with Gasteiger partial charge in [0.05, 0.1) is 17.2 Å². The maximum absolute atomic E-state index is 13.9. The minimum absolute atomic E-state index is 0.0675. The molecule has 0 saturated carbocycles. The van der Waals surface area contributed by atoms with Crippen LogP contribution in [-0.4, -0.2) is 57.4 Å². The number of rotatable bonds is 15. The molecule has 0 bridgehead atoms. The van der Waals surface area contributed by atoms with E-state index in [4.69, 9.17) is 4.74 Å². The molecule has 0 aromatic heterocycles. The van der Waals surface area contributed by atoms with Gasteiger partial charge >= 0.3 is 0 Å². The molecule has 3 aromatic carbocycles. The van der Waals surface area contributed by atoms with Gasteiger partial charge in [0.15, 0.2) is 0 Å². The maximum atomic E-state index is 13.9. The summed E-state index contributed by atoms with van der Waals surface area (Å²) in [6.45, 7) is 6.35. The zero-order valence-electron chi connectivity index (χ0n) is 23.5. The van der Waals surface area contributed by atoms with Crippen LogP contribution in [0.5, 0.6) is 5.75 Å². The van der Waals surface area contributed by atoms with Crippen LogP contribution in [0.1, 0.15) is 39.2 Å². The number of anilines is 1. The van der Waals surface area contributed by atoms with Crippen molar-refractivity contribution in [1.82, 2.24) is 10.2 Å². The summed E-state index contributed by atoms with van der Waals surface area (Å²) in [5.74, 6) is -0.146. The molecule has 3 aromatic rings. The molecule has 0 spiro atoms. The lowest BCUT2D eigenvalue weighted by atomic mass is 10.1. The van der Waals surface area contributed by atoms with E-state index < -0.39 is 28.5 Å². The molecule has 0 radical (unpaired) electrons. The highest BCUT2D eigenvalue weighted by molar-refractivity contribution is 7.92. The summed E-state index contributed by atoms with van der Waals surface area (Å²) in [5.41, 5.74) is 1.34. The van der Waals surface area contributed by atoms with Crippen LogP contribution in [0.15, 0.2) is 89.8 Å². The number of hydrogen-bond donors (Lipinski definition) is 1. The average molecular weight is 566 g/mol. The molecular weight excluding hydrogens is 526 g/mol. The Hall–Kier alpha value is -3.85. The third-order valence-electron chi connectivity index (χ3n) is 6.53. The molecule has 0 aliphatic rings. The topological polar surface area (TPSA) is 96.0 Å². The first-order valence-electron chi connectivity index (χ1n) is 13.7. The van der Waals surface area contributed by atoms with Crippen molar-refractivity contribution in [3.05, 3.63) is 90.5 Å². The number of nitrogens with zero attached hydrogens (tertiary/aromatic N) is 2. The first kappa shape index (κ1) is 30.7. The molecule has 0 saturated heterocycles. The van der Waals surface area contributed by atoms with Crippen molar-refractivity contribution in [2.45, 2.75) is 51.0 Å². The second kappa shape index (κ2) is 15.1. The fourth-order valence-corrected chi connectivity index (χ4v) is 5.67. The number of carbonyl (C=O) groups excluding carboxylic acids is 2. The van der Waals surface area contributed by atoms with Gasteiger partial charge in [-0.15, -0.1) is 0 Å². The van der Waals surface area contributed by atoms with Gasteiger partial charge in [-0.1, -0.05) is 61.9 Å². The predicted octanol–water partition coefficient (Wildman–Crippen LogP) is 4.66. The van der Waals surface area contributed by atoms with Crippen molar-refractivity contribution in [3.8, 4) is 5.75 Å². The summed E-state index contributed by atoms with van der Waals surface area (Å²) in [6, 6.07) is 23.5. The fourth-order valence-electron chi connectivity index (χ4n) is 4.23. The third-order valence-corrected chi connectivity index (χ3v) is 8.31. The molecule has 2 amide bonds. The molecular formula is C31H39N3O5S. The summed E-state index contributed by atoms with van der Waals surface area (Å²) in [5, 5.41) is 2.90. The quantitative estimate of drug-likeness (QED) is 0.271. The highest BCUT2D eigenvalue weighted by atomic mass is 32.2. The van der Waals surface area contributed by atoms with Crippen molar-refractivity contribution in [2.24, 2.45) is 0 Å². The van der Waals surface area contributed by atoms with Crippen LogP contribution in [0.25, 0.3) is 0 Å². The summed E-state index contributed by atoms with van der Waals surface area (Å²) in [7, 11) is -4.09. The lowest BCUT2D eigenvalue weighted by Crippen LogP contribution is -2.52. The Morgan fingerprint density at radius 1 is 0.900 bits per heavy atom. The van der Waals surface area contributed by atoms with Gasteiger partial charge in [0.2, 0.25) is 11.8 Å². The van der Waals surface area contributed by atoms with Gasteiger partial charge in [-0.2, -0.15) is 0 Å². The van der Waals surface area contributed by atoms with E-state index in [0.717, 1.165) is 22.7 Å². The molecule has 8 nitrogen and oxygen atoms in total. The SMILES string of the molecule is CCCCNC(=O)C(C)N(CCc1ccccc1)C(=O)CN(c1ccc(OCC)cc1)S(=O)(=O)c1ccccc1. The molecule has 9 heteroatoms. The average Bonchev–Trinajstić information content (AvgIpc) is 2.97. The van der Waals surface area contributed by atoms with Crippen LogP contribution in [0.4, 0.5) is 5.69 Å². The van der Waals surface area contributed by atoms with E-state index >= 15 is 0 Å². The normalized spacial score (nSPS) is 11.9. The summed E-state index contributed by atoms with van der Waals surface area (Å²) in [6.07, 6.45) is 2.28. The van der Waals surface area contributed by atoms with Crippen molar-refractivity contribution >= 4 is 27.5 Å². The number of benzene rings is 3. The largest absolute Gasteiger partial charge is 0.494 e. The molecule has 0 fully saturated rings. The second-order valence-electron chi connectivity index (χ2n) is 9.39. The van der Waals surface area contributed by atoms with E-state index in [1.165, 1.54) is 17.0 Å². The van der Waals surface area contributed by atoms with E-state index in [0.29, 0.717) is 31.0 Å².